The number of hydrogen-bond acceptors (Lipinski definition) is 3. The van der Waals surface area contributed by atoms with Gasteiger partial charge in [-0.15, -0.1) is 59.7 Å². The summed E-state index contributed by atoms with van der Waals surface area (Å²) in [4.78, 5) is 9.22. The third kappa shape index (κ3) is 7.29. The van der Waals surface area contributed by atoms with Crippen LogP contribution in [-0.4, -0.2) is 18.0 Å². The Morgan fingerprint density at radius 1 is 0.674 bits per heavy atom. The van der Waals surface area contributed by atoms with Gasteiger partial charge in [0.05, 0.1) is 8.07 Å². The number of nitrogens with zero attached hydrogens (tertiary/aromatic N) is 2. The van der Waals surface area contributed by atoms with Gasteiger partial charge in [-0.3, -0.25) is 0 Å². The molecule has 7 rings (SSSR count). The average Bonchev–Trinajstić information content (AvgIpc) is 3.44. The van der Waals surface area contributed by atoms with Gasteiger partial charge in [-0.05, 0) is 54.8 Å². The summed E-state index contributed by atoms with van der Waals surface area (Å²) < 4.78 is 2.57. The second-order valence-corrected chi connectivity index (χ2v) is 19.5. The van der Waals surface area contributed by atoms with E-state index in [0.29, 0.717) is 0 Å². The van der Waals surface area contributed by atoms with Crippen LogP contribution in [0.1, 0.15) is 26.3 Å². The minimum Gasteiger partial charge on any atom is -0.305 e. The molecule has 7 aromatic rings. The monoisotopic (exact) mass is 811 g/mol. The largest absolute Gasteiger partial charge is 0.305 e. The topological polar surface area (TPSA) is 25.8 Å². The summed E-state index contributed by atoms with van der Waals surface area (Å²) in [6.07, 6.45) is 3.94. The minimum atomic E-state index is -1.23. The molecule has 0 aliphatic rings. The molecule has 3 heterocycles. The molecule has 3 aromatic heterocycles. The Kier molecular flexibility index (Phi) is 10.2. The van der Waals surface area contributed by atoms with E-state index in [0.717, 1.165) is 22.5 Å². The van der Waals surface area contributed by atoms with Gasteiger partial charge in [0, 0.05) is 37.2 Å². The zero-order valence-corrected chi connectivity index (χ0v) is 31.4. The number of thiophene rings is 1. The summed E-state index contributed by atoms with van der Waals surface area (Å²) in [5.41, 5.74) is 8.07. The van der Waals surface area contributed by atoms with Crippen LogP contribution >= 0.6 is 11.3 Å². The van der Waals surface area contributed by atoms with E-state index in [1.807, 2.05) is 54.1 Å². The molecule has 1 radical (unpaired) electrons. The van der Waals surface area contributed by atoms with Gasteiger partial charge in [0.1, 0.15) is 0 Å². The van der Waals surface area contributed by atoms with Crippen molar-refractivity contribution in [1.82, 2.24) is 9.97 Å². The Morgan fingerprint density at radius 3 is 2.11 bits per heavy atom. The molecular formula is C41H38IrN2SSi-2. The van der Waals surface area contributed by atoms with Crippen molar-refractivity contribution in [3.63, 3.8) is 0 Å². The fourth-order valence-corrected chi connectivity index (χ4v) is 7.76. The molecule has 0 N–H and O–H groups in total. The van der Waals surface area contributed by atoms with Crippen LogP contribution in [0.5, 0.6) is 0 Å². The first kappa shape index (κ1) is 33.6. The summed E-state index contributed by atoms with van der Waals surface area (Å²) in [5.74, 6) is 0. The van der Waals surface area contributed by atoms with Crippen molar-refractivity contribution >= 4 is 44.8 Å². The molecular weight excluding hydrogens is 773 g/mol. The molecule has 0 saturated carbocycles. The van der Waals surface area contributed by atoms with Gasteiger partial charge in [-0.2, -0.15) is 11.3 Å². The second kappa shape index (κ2) is 13.9. The molecule has 4 aromatic carbocycles. The van der Waals surface area contributed by atoms with Gasteiger partial charge in [-0.25, -0.2) is 0 Å². The quantitative estimate of drug-likeness (QED) is 0.131. The molecule has 5 heteroatoms. The fourth-order valence-electron chi connectivity index (χ4n) is 5.38. The summed E-state index contributed by atoms with van der Waals surface area (Å²) in [6.45, 7) is 13.7. The Morgan fingerprint density at radius 2 is 1.43 bits per heavy atom. The third-order valence-corrected chi connectivity index (χ3v) is 11.3. The number of pyridine rings is 2. The van der Waals surface area contributed by atoms with Crippen molar-refractivity contribution < 1.29 is 20.1 Å². The maximum atomic E-state index is 4.70. The first-order valence-corrected chi connectivity index (χ1v) is 19.7. The molecule has 46 heavy (non-hydrogen) atoms. The van der Waals surface area contributed by atoms with Crippen molar-refractivity contribution in [3.8, 4) is 33.6 Å². The second-order valence-electron chi connectivity index (χ2n) is 13.4. The molecule has 0 spiro atoms. The summed E-state index contributed by atoms with van der Waals surface area (Å²) in [5, 5.41) is 3.97. The van der Waals surface area contributed by atoms with Crippen molar-refractivity contribution in [1.29, 1.82) is 0 Å². The van der Waals surface area contributed by atoms with Crippen LogP contribution in [-0.2, 0) is 25.5 Å². The number of aromatic nitrogens is 2. The molecule has 0 aliphatic heterocycles. The van der Waals surface area contributed by atoms with E-state index < -0.39 is 8.07 Å². The summed E-state index contributed by atoms with van der Waals surface area (Å²) in [7, 11) is -1.23. The summed E-state index contributed by atoms with van der Waals surface area (Å²) in [6, 6.07) is 44.7. The minimum absolute atomic E-state index is 0. The van der Waals surface area contributed by atoms with Crippen LogP contribution in [0.15, 0.2) is 122 Å². The average molecular weight is 811 g/mol. The molecule has 0 unspecified atom stereocenters. The Labute approximate surface area is 292 Å². The molecule has 2 nitrogen and oxygen atoms in total. The normalized spacial score (nSPS) is 11.5. The molecule has 0 fully saturated rings. The maximum Gasteiger partial charge on any atom is 0.0795 e. The van der Waals surface area contributed by atoms with E-state index in [4.69, 9.17) is 4.98 Å². The van der Waals surface area contributed by atoms with Gasteiger partial charge in [-0.1, -0.05) is 113 Å². The third-order valence-electron chi connectivity index (χ3n) is 8.04. The van der Waals surface area contributed by atoms with Gasteiger partial charge < -0.3 is 9.97 Å². The van der Waals surface area contributed by atoms with Crippen molar-refractivity contribution in [2.24, 2.45) is 0 Å². The van der Waals surface area contributed by atoms with Crippen molar-refractivity contribution in [2.75, 3.05) is 0 Å². The Hall–Kier alpha value is -3.73. The zero-order chi connectivity index (χ0) is 31.6. The molecule has 0 amide bonds. The van der Waals surface area contributed by atoms with E-state index in [1.54, 1.807) is 0 Å². The standard InChI is InChI=1S/C27H22NS.C14H16NSi.Ir/c1-27(2,3)19-15-16-28-24(17-19)23-14-8-13-22-21-12-7-11-20(25(21)29-26(22)23)18-9-5-4-6-10-18;1-16(2,3)13-9-10-14(15-11-13)12-7-5-4-6-8-12;/h4-13,15-17H,1-3H3;4-7,9-11H,1-3H3;/q2*-1;. The fraction of sp³-hybridized carbons (Fsp3) is 0.171. The Balaban J connectivity index is 0.000000209. The number of benzene rings is 4. The van der Waals surface area contributed by atoms with Crippen molar-refractivity contribution in [3.05, 3.63) is 139 Å². The molecule has 0 bridgehead atoms. The van der Waals surface area contributed by atoms with E-state index in [2.05, 4.69) is 136 Å². The summed E-state index contributed by atoms with van der Waals surface area (Å²) >= 11 is 1.85. The van der Waals surface area contributed by atoms with Gasteiger partial charge >= 0.3 is 0 Å². The zero-order valence-electron chi connectivity index (χ0n) is 27.2. The first-order chi connectivity index (χ1) is 21.6. The molecule has 0 aliphatic carbocycles. The maximum absolute atomic E-state index is 4.70. The van der Waals surface area contributed by atoms with E-state index >= 15 is 0 Å². The van der Waals surface area contributed by atoms with E-state index in [9.17, 15) is 0 Å². The van der Waals surface area contributed by atoms with Gasteiger partial charge in [0.2, 0.25) is 0 Å². The predicted octanol–water partition coefficient (Wildman–Crippen LogP) is 11.0. The van der Waals surface area contributed by atoms with Crippen LogP contribution in [0.25, 0.3) is 53.8 Å². The van der Waals surface area contributed by atoms with E-state index in [1.165, 1.54) is 42.0 Å². The predicted molar refractivity (Wildman–Crippen MR) is 197 cm³/mol. The van der Waals surface area contributed by atoms with Crippen LogP contribution in [0.2, 0.25) is 19.6 Å². The Bertz CT molecular complexity index is 2060. The SMILES string of the molecule is CC(C)(C)c1ccnc(-c2[c-]ccc3c2sc2c(-c4ccccc4)cccc23)c1.C[Si](C)(C)c1ccc(-c2[c-]cccc2)nc1.[Ir]. The van der Waals surface area contributed by atoms with E-state index in [-0.39, 0.29) is 25.5 Å². The van der Waals surface area contributed by atoms with Crippen LogP contribution in [0.3, 0.4) is 0 Å². The number of hydrogen-bond donors (Lipinski definition) is 0. The number of rotatable bonds is 4. The molecule has 0 saturated heterocycles. The van der Waals surface area contributed by atoms with Crippen LogP contribution in [0, 0.1) is 12.1 Å². The molecule has 233 valence electrons. The van der Waals surface area contributed by atoms with Gasteiger partial charge in [0.25, 0.3) is 0 Å². The van der Waals surface area contributed by atoms with Gasteiger partial charge in [0.15, 0.2) is 0 Å². The number of fused-ring (bicyclic) bond motifs is 3. The molecule has 0 atom stereocenters. The smallest absolute Gasteiger partial charge is 0.0795 e. The van der Waals surface area contributed by atoms with Crippen LogP contribution < -0.4 is 5.19 Å². The first-order valence-electron chi connectivity index (χ1n) is 15.4. The van der Waals surface area contributed by atoms with Crippen LogP contribution in [0.4, 0.5) is 0 Å². The van der Waals surface area contributed by atoms with Crippen molar-refractivity contribution in [2.45, 2.75) is 45.8 Å².